The van der Waals surface area contributed by atoms with Gasteiger partial charge in [0.25, 0.3) is 0 Å². The first-order valence-electron chi connectivity index (χ1n) is 4.71. The second-order valence-electron chi connectivity index (χ2n) is 4.33. The van der Waals surface area contributed by atoms with Crippen LogP contribution in [0.1, 0.15) is 20.8 Å². The van der Waals surface area contributed by atoms with Crippen LogP contribution in [0.5, 0.6) is 5.75 Å². The molecule has 0 amide bonds. The quantitative estimate of drug-likeness (QED) is 0.710. The van der Waals surface area contributed by atoms with Crippen LogP contribution in [0.15, 0.2) is 29.2 Å². The van der Waals surface area contributed by atoms with Crippen LogP contribution in [0.3, 0.4) is 0 Å². The van der Waals surface area contributed by atoms with Crippen LogP contribution in [0, 0.1) is 0 Å². The maximum absolute atomic E-state index is 5.80. The number of ether oxygens (including phenoxy) is 1. The van der Waals surface area contributed by atoms with Crippen LogP contribution in [-0.2, 0) is 0 Å². The molecule has 0 aliphatic rings. The summed E-state index contributed by atoms with van der Waals surface area (Å²) in [5.41, 5.74) is -0.109. The van der Waals surface area contributed by atoms with Crippen molar-refractivity contribution in [2.45, 2.75) is 26.4 Å². The van der Waals surface area contributed by atoms with E-state index in [1.165, 1.54) is 9.65 Å². The molecule has 0 atom stereocenters. The molecule has 0 aliphatic carbocycles. The number of hydrogen-bond donors (Lipinski definition) is 0. The Morgan fingerprint density at radius 3 is 2.64 bits per heavy atom. The molecular weight excluding hydrogens is 239 g/mol. The Labute approximate surface area is 90.4 Å². The molecule has 1 nitrogen and oxygen atoms in total. The zero-order valence-corrected chi connectivity index (χ0v) is 10.4. The average molecular weight is 253 g/mol. The SMILES string of the molecule is CC(C)(C)Oc1ccc2[se]ccc2c1. The molecule has 74 valence electrons. The molecule has 0 fully saturated rings. The number of fused-ring (bicyclic) bond motifs is 1. The molecule has 2 rings (SSSR count). The van der Waals surface area contributed by atoms with Gasteiger partial charge in [-0.1, -0.05) is 0 Å². The van der Waals surface area contributed by atoms with E-state index < -0.39 is 0 Å². The van der Waals surface area contributed by atoms with Gasteiger partial charge in [0, 0.05) is 0 Å². The molecular formula is C12H14OSe. The fourth-order valence-corrected chi connectivity index (χ4v) is 2.98. The first-order valence-corrected chi connectivity index (χ1v) is 6.55. The maximum atomic E-state index is 5.80. The third-order valence-corrected chi connectivity index (χ3v) is 3.73. The van der Waals surface area contributed by atoms with E-state index in [9.17, 15) is 0 Å². The molecule has 14 heavy (non-hydrogen) atoms. The Morgan fingerprint density at radius 2 is 1.93 bits per heavy atom. The van der Waals surface area contributed by atoms with Crippen LogP contribution in [-0.4, -0.2) is 20.1 Å². The summed E-state index contributed by atoms with van der Waals surface area (Å²) in [6.45, 7) is 6.21. The average Bonchev–Trinajstić information content (AvgIpc) is 2.47. The van der Waals surface area contributed by atoms with Gasteiger partial charge in [-0.25, -0.2) is 0 Å². The van der Waals surface area contributed by atoms with Gasteiger partial charge >= 0.3 is 90.2 Å². The van der Waals surface area contributed by atoms with Gasteiger partial charge in [0.05, 0.1) is 0 Å². The van der Waals surface area contributed by atoms with Crippen LogP contribution in [0.2, 0.25) is 0 Å². The zero-order valence-electron chi connectivity index (χ0n) is 8.70. The third-order valence-electron chi connectivity index (χ3n) is 1.85. The summed E-state index contributed by atoms with van der Waals surface area (Å²) in [5, 5.41) is 1.33. The van der Waals surface area contributed by atoms with Gasteiger partial charge in [-0.05, 0) is 0 Å². The molecule has 0 radical (unpaired) electrons. The Kier molecular flexibility index (Phi) is 2.42. The van der Waals surface area contributed by atoms with Gasteiger partial charge < -0.3 is 0 Å². The van der Waals surface area contributed by atoms with Crippen molar-refractivity contribution in [3.63, 3.8) is 0 Å². The molecule has 0 saturated carbocycles. The Morgan fingerprint density at radius 1 is 1.14 bits per heavy atom. The summed E-state index contributed by atoms with van der Waals surface area (Å²) >= 11 is 0.537. The molecule has 1 aromatic heterocycles. The van der Waals surface area contributed by atoms with Crippen molar-refractivity contribution in [1.29, 1.82) is 0 Å². The first kappa shape index (κ1) is 9.82. The van der Waals surface area contributed by atoms with Crippen molar-refractivity contribution in [3.8, 4) is 5.75 Å². The predicted octanol–water partition coefficient (Wildman–Crippen LogP) is 3.07. The number of hydrogen-bond acceptors (Lipinski definition) is 1. The van der Waals surface area contributed by atoms with E-state index in [0.717, 1.165) is 5.75 Å². The second-order valence-corrected chi connectivity index (χ2v) is 6.32. The fourth-order valence-electron chi connectivity index (χ4n) is 1.36. The zero-order chi connectivity index (χ0) is 10.2. The van der Waals surface area contributed by atoms with Gasteiger partial charge in [-0.2, -0.15) is 0 Å². The van der Waals surface area contributed by atoms with E-state index in [1.807, 2.05) is 0 Å². The summed E-state index contributed by atoms with van der Waals surface area (Å²) in [6, 6.07) is 8.56. The van der Waals surface area contributed by atoms with E-state index in [4.69, 9.17) is 4.74 Å². The van der Waals surface area contributed by atoms with Crippen molar-refractivity contribution in [3.05, 3.63) is 29.2 Å². The van der Waals surface area contributed by atoms with Crippen molar-refractivity contribution < 1.29 is 4.74 Å². The summed E-state index contributed by atoms with van der Waals surface area (Å²) in [7, 11) is 0. The molecule has 0 unspecified atom stereocenters. The molecule has 2 heteroatoms. The summed E-state index contributed by atoms with van der Waals surface area (Å²) in [5.74, 6) is 0.971. The summed E-state index contributed by atoms with van der Waals surface area (Å²) < 4.78 is 7.26. The number of rotatable bonds is 1. The van der Waals surface area contributed by atoms with Crippen LogP contribution in [0.4, 0.5) is 0 Å². The molecule has 0 bridgehead atoms. The molecule has 0 saturated heterocycles. The van der Waals surface area contributed by atoms with Gasteiger partial charge in [0.2, 0.25) is 0 Å². The molecule has 0 N–H and O–H groups in total. The van der Waals surface area contributed by atoms with Crippen LogP contribution in [0.25, 0.3) is 9.65 Å². The summed E-state index contributed by atoms with van der Waals surface area (Å²) in [4.78, 5) is 2.25. The summed E-state index contributed by atoms with van der Waals surface area (Å²) in [6.07, 6.45) is 0. The van der Waals surface area contributed by atoms with Gasteiger partial charge in [0.1, 0.15) is 0 Å². The Hall–Kier alpha value is -0.721. The van der Waals surface area contributed by atoms with Crippen molar-refractivity contribution in [2.24, 2.45) is 0 Å². The molecule has 0 aliphatic heterocycles. The molecule has 2 aromatic rings. The van der Waals surface area contributed by atoms with Crippen LogP contribution < -0.4 is 4.74 Å². The van der Waals surface area contributed by atoms with Gasteiger partial charge in [-0.15, -0.1) is 0 Å². The van der Waals surface area contributed by atoms with E-state index in [1.54, 1.807) is 0 Å². The minimum atomic E-state index is -0.109. The third kappa shape index (κ3) is 2.20. The standard InChI is InChI=1S/C12H14OSe/c1-12(2,3)13-10-4-5-11-9(8-10)6-7-14-11/h4-8H,1-3H3. The Balaban J connectivity index is 2.35. The molecule has 0 spiro atoms. The van der Waals surface area contributed by atoms with Crippen molar-refractivity contribution in [2.75, 3.05) is 0 Å². The second kappa shape index (κ2) is 3.45. The Bertz CT molecular complexity index is 437. The van der Waals surface area contributed by atoms with Crippen molar-refractivity contribution in [1.82, 2.24) is 0 Å². The first-order chi connectivity index (χ1) is 6.54. The van der Waals surface area contributed by atoms with Gasteiger partial charge in [0.15, 0.2) is 0 Å². The normalized spacial score (nSPS) is 11.9. The van der Waals surface area contributed by atoms with E-state index in [0.29, 0.717) is 14.5 Å². The molecule has 1 heterocycles. The number of benzene rings is 1. The van der Waals surface area contributed by atoms with Gasteiger partial charge in [-0.3, -0.25) is 0 Å². The van der Waals surface area contributed by atoms with E-state index in [-0.39, 0.29) is 5.60 Å². The monoisotopic (exact) mass is 254 g/mol. The van der Waals surface area contributed by atoms with Crippen molar-refractivity contribution >= 4 is 24.1 Å². The van der Waals surface area contributed by atoms with E-state index in [2.05, 4.69) is 50.0 Å². The fraction of sp³-hybridized carbons (Fsp3) is 0.333. The minimum absolute atomic E-state index is 0.109. The predicted molar refractivity (Wildman–Crippen MR) is 61.3 cm³/mol. The van der Waals surface area contributed by atoms with E-state index >= 15 is 0 Å². The topological polar surface area (TPSA) is 9.23 Å². The molecule has 1 aromatic carbocycles. The van der Waals surface area contributed by atoms with Crippen LogP contribution >= 0.6 is 0 Å².